The van der Waals surface area contributed by atoms with Crippen LogP contribution in [0.5, 0.6) is 11.5 Å². The van der Waals surface area contributed by atoms with E-state index in [2.05, 4.69) is 0 Å². The first kappa shape index (κ1) is 18.8. The molecule has 0 amide bonds. The Balaban J connectivity index is 1.62. The standard InChI is InChI=1S/C21H12N2O4S/c22-11-15-5-8-18(10-16(15)12-23)27-17-6-3-14(4-7-17)21(25)26-13-19(24)20-2-1-9-28-20/h1-10H,13H2. The summed E-state index contributed by atoms with van der Waals surface area (Å²) in [6.07, 6.45) is 0. The topological polar surface area (TPSA) is 100 Å². The molecular formula is C21H12N2O4S. The highest BCUT2D eigenvalue weighted by Gasteiger charge is 2.13. The number of hydrogen-bond acceptors (Lipinski definition) is 7. The molecule has 0 aliphatic carbocycles. The van der Waals surface area contributed by atoms with Crippen molar-refractivity contribution in [1.29, 1.82) is 10.5 Å². The van der Waals surface area contributed by atoms with Gasteiger partial charge in [-0.05, 0) is 53.9 Å². The van der Waals surface area contributed by atoms with Crippen molar-refractivity contribution in [3.63, 3.8) is 0 Å². The van der Waals surface area contributed by atoms with E-state index < -0.39 is 5.97 Å². The fourth-order valence-electron chi connectivity index (χ4n) is 2.29. The van der Waals surface area contributed by atoms with Gasteiger partial charge in [0.25, 0.3) is 0 Å². The van der Waals surface area contributed by atoms with Gasteiger partial charge >= 0.3 is 5.97 Å². The maximum absolute atomic E-state index is 12.1. The average Bonchev–Trinajstić information content (AvgIpc) is 3.27. The molecule has 0 spiro atoms. The number of hydrogen-bond donors (Lipinski definition) is 0. The minimum Gasteiger partial charge on any atom is -0.457 e. The lowest BCUT2D eigenvalue weighted by Gasteiger charge is -2.08. The largest absolute Gasteiger partial charge is 0.457 e. The van der Waals surface area contributed by atoms with Crippen molar-refractivity contribution in [2.45, 2.75) is 0 Å². The van der Waals surface area contributed by atoms with Crippen LogP contribution in [0, 0.1) is 22.7 Å². The van der Waals surface area contributed by atoms with Crippen molar-refractivity contribution < 1.29 is 19.1 Å². The molecule has 7 heteroatoms. The van der Waals surface area contributed by atoms with Crippen LogP contribution in [-0.4, -0.2) is 18.4 Å². The molecule has 0 saturated carbocycles. The molecule has 0 atom stereocenters. The van der Waals surface area contributed by atoms with Crippen LogP contribution < -0.4 is 4.74 Å². The van der Waals surface area contributed by atoms with Gasteiger partial charge in [-0.1, -0.05) is 6.07 Å². The van der Waals surface area contributed by atoms with E-state index >= 15 is 0 Å². The minimum atomic E-state index is -0.610. The first-order chi connectivity index (χ1) is 13.6. The molecule has 2 aromatic carbocycles. The minimum absolute atomic E-state index is 0.218. The van der Waals surface area contributed by atoms with E-state index in [-0.39, 0.29) is 29.1 Å². The molecule has 0 N–H and O–H groups in total. The lowest BCUT2D eigenvalue weighted by Crippen LogP contribution is -2.13. The number of ether oxygens (including phenoxy) is 2. The third-order valence-electron chi connectivity index (χ3n) is 3.69. The number of nitriles is 2. The zero-order valence-electron chi connectivity index (χ0n) is 14.4. The van der Waals surface area contributed by atoms with E-state index in [4.69, 9.17) is 20.0 Å². The molecule has 136 valence electrons. The summed E-state index contributed by atoms with van der Waals surface area (Å²) in [6.45, 7) is -0.320. The highest BCUT2D eigenvalue weighted by atomic mass is 32.1. The third kappa shape index (κ3) is 4.42. The average molecular weight is 388 g/mol. The predicted octanol–water partition coefficient (Wildman–Crippen LogP) is 4.32. The fraction of sp³-hybridized carbons (Fsp3) is 0.0476. The molecule has 0 bridgehead atoms. The van der Waals surface area contributed by atoms with Crippen molar-refractivity contribution in [3.05, 3.63) is 81.5 Å². The summed E-state index contributed by atoms with van der Waals surface area (Å²) >= 11 is 1.29. The second-order valence-electron chi connectivity index (χ2n) is 5.53. The lowest BCUT2D eigenvalue weighted by atomic mass is 10.1. The molecule has 3 aromatic rings. The molecule has 0 saturated heterocycles. The van der Waals surface area contributed by atoms with E-state index in [9.17, 15) is 9.59 Å². The highest BCUT2D eigenvalue weighted by molar-refractivity contribution is 7.12. The van der Waals surface area contributed by atoms with E-state index in [0.29, 0.717) is 16.4 Å². The molecule has 0 aliphatic rings. The number of carbonyl (C=O) groups excluding carboxylic acids is 2. The number of nitrogens with zero attached hydrogens (tertiary/aromatic N) is 2. The van der Waals surface area contributed by atoms with Gasteiger partial charge in [0, 0.05) is 0 Å². The van der Waals surface area contributed by atoms with Crippen LogP contribution in [0.2, 0.25) is 0 Å². The first-order valence-electron chi connectivity index (χ1n) is 8.06. The summed E-state index contributed by atoms with van der Waals surface area (Å²) in [5, 5.41) is 19.8. The Morgan fingerprint density at radius 2 is 1.64 bits per heavy atom. The number of thiophene rings is 1. The van der Waals surface area contributed by atoms with Gasteiger partial charge in [-0.25, -0.2) is 4.79 Å². The number of Topliss-reactive ketones (excluding diaryl/α,β-unsaturated/α-hetero) is 1. The number of esters is 1. The van der Waals surface area contributed by atoms with Crippen molar-refractivity contribution >= 4 is 23.1 Å². The van der Waals surface area contributed by atoms with Gasteiger partial charge < -0.3 is 9.47 Å². The molecule has 3 rings (SSSR count). The Morgan fingerprint density at radius 3 is 2.29 bits per heavy atom. The smallest absolute Gasteiger partial charge is 0.338 e. The van der Waals surface area contributed by atoms with E-state index in [1.807, 2.05) is 12.1 Å². The summed E-state index contributed by atoms with van der Waals surface area (Å²) in [5.74, 6) is -0.0220. The van der Waals surface area contributed by atoms with Gasteiger partial charge in [-0.2, -0.15) is 10.5 Å². The van der Waals surface area contributed by atoms with E-state index in [1.54, 1.807) is 35.7 Å². The zero-order chi connectivity index (χ0) is 19.9. The molecular weight excluding hydrogens is 376 g/mol. The lowest BCUT2D eigenvalue weighted by molar-refractivity contribution is 0.0476. The third-order valence-corrected chi connectivity index (χ3v) is 4.60. The van der Waals surface area contributed by atoms with Crippen LogP contribution in [0.25, 0.3) is 0 Å². The van der Waals surface area contributed by atoms with Crippen LogP contribution in [0.4, 0.5) is 0 Å². The van der Waals surface area contributed by atoms with Crippen LogP contribution in [-0.2, 0) is 4.74 Å². The van der Waals surface area contributed by atoms with Crippen molar-refractivity contribution in [1.82, 2.24) is 0 Å². The molecule has 0 aliphatic heterocycles. The van der Waals surface area contributed by atoms with Crippen molar-refractivity contribution in [2.24, 2.45) is 0 Å². The SMILES string of the molecule is N#Cc1ccc(Oc2ccc(C(=O)OCC(=O)c3cccs3)cc2)cc1C#N. The maximum atomic E-state index is 12.1. The number of rotatable bonds is 6. The zero-order valence-corrected chi connectivity index (χ0v) is 15.2. The molecule has 0 radical (unpaired) electrons. The number of carbonyl (C=O) groups is 2. The van der Waals surface area contributed by atoms with Gasteiger partial charge in [0.05, 0.1) is 21.6 Å². The van der Waals surface area contributed by atoms with Gasteiger partial charge in [0.2, 0.25) is 5.78 Å². The Bertz CT molecular complexity index is 1090. The van der Waals surface area contributed by atoms with Crippen LogP contribution in [0.1, 0.15) is 31.2 Å². The van der Waals surface area contributed by atoms with Crippen molar-refractivity contribution in [3.8, 4) is 23.6 Å². The second-order valence-corrected chi connectivity index (χ2v) is 6.48. The maximum Gasteiger partial charge on any atom is 0.338 e. The highest BCUT2D eigenvalue weighted by Crippen LogP contribution is 2.24. The summed E-state index contributed by atoms with van der Waals surface area (Å²) in [4.78, 5) is 24.5. The van der Waals surface area contributed by atoms with Gasteiger partial charge in [0.15, 0.2) is 6.61 Å². The molecule has 1 aromatic heterocycles. The Hall–Kier alpha value is -3.94. The monoisotopic (exact) mass is 388 g/mol. The number of ketones is 1. The Kier molecular flexibility index (Phi) is 5.81. The summed E-state index contributed by atoms with van der Waals surface area (Å²) < 4.78 is 10.7. The molecule has 6 nitrogen and oxygen atoms in total. The molecule has 0 fully saturated rings. The summed E-state index contributed by atoms with van der Waals surface area (Å²) in [7, 11) is 0. The normalized spacial score (nSPS) is 9.79. The second kappa shape index (κ2) is 8.63. The predicted molar refractivity (Wildman–Crippen MR) is 101 cm³/mol. The van der Waals surface area contributed by atoms with E-state index in [0.717, 1.165) is 0 Å². The molecule has 0 unspecified atom stereocenters. The van der Waals surface area contributed by atoms with Crippen LogP contribution in [0.3, 0.4) is 0 Å². The Labute approximate surface area is 164 Å². The molecule has 28 heavy (non-hydrogen) atoms. The quantitative estimate of drug-likeness (QED) is 0.460. The van der Waals surface area contributed by atoms with Gasteiger partial charge in [-0.15, -0.1) is 11.3 Å². The summed E-state index contributed by atoms with van der Waals surface area (Å²) in [5.41, 5.74) is 0.768. The van der Waals surface area contributed by atoms with Gasteiger partial charge in [0.1, 0.15) is 23.6 Å². The van der Waals surface area contributed by atoms with Crippen LogP contribution >= 0.6 is 11.3 Å². The van der Waals surface area contributed by atoms with Crippen molar-refractivity contribution in [2.75, 3.05) is 6.61 Å². The molecule has 1 heterocycles. The first-order valence-corrected chi connectivity index (χ1v) is 8.94. The fourth-order valence-corrected chi connectivity index (χ4v) is 2.95. The summed E-state index contributed by atoms with van der Waals surface area (Å²) in [6, 6.07) is 18.0. The van der Waals surface area contributed by atoms with Crippen LogP contribution in [0.15, 0.2) is 60.0 Å². The Morgan fingerprint density at radius 1 is 0.929 bits per heavy atom. The van der Waals surface area contributed by atoms with Gasteiger partial charge in [-0.3, -0.25) is 4.79 Å². The van der Waals surface area contributed by atoms with E-state index in [1.165, 1.54) is 35.6 Å². The number of benzene rings is 2.